The predicted octanol–water partition coefficient (Wildman–Crippen LogP) is 3.05. The van der Waals surface area contributed by atoms with Crippen molar-refractivity contribution in [1.29, 1.82) is 0 Å². The summed E-state index contributed by atoms with van der Waals surface area (Å²) in [5.74, 6) is 0.150. The topological polar surface area (TPSA) is 42.8 Å². The highest BCUT2D eigenvalue weighted by atomic mass is 35.5. The molecule has 0 spiro atoms. The lowest BCUT2D eigenvalue weighted by Crippen LogP contribution is -2.06. The van der Waals surface area contributed by atoms with E-state index in [1.54, 1.807) is 17.7 Å². The van der Waals surface area contributed by atoms with Crippen LogP contribution in [0, 0.1) is 10.6 Å². The lowest BCUT2D eigenvalue weighted by Gasteiger charge is -2.06. The van der Waals surface area contributed by atoms with E-state index in [1.165, 1.54) is 12.1 Å². The maximum absolute atomic E-state index is 13.1. The molecule has 1 N–H and O–H groups in total. The maximum Gasteiger partial charge on any atom is 0.195 e. The first-order valence-electron chi connectivity index (χ1n) is 5.23. The Labute approximate surface area is 113 Å². The molecule has 18 heavy (non-hydrogen) atoms. The molecule has 0 fully saturated rings. The van der Waals surface area contributed by atoms with Crippen LogP contribution in [0.4, 0.5) is 4.39 Å². The van der Waals surface area contributed by atoms with E-state index < -0.39 is 5.82 Å². The van der Waals surface area contributed by atoms with Crippen LogP contribution in [0.1, 0.15) is 0 Å². The van der Waals surface area contributed by atoms with E-state index in [2.05, 4.69) is 10.2 Å². The number of rotatable bonds is 4. The Morgan fingerprint density at radius 1 is 1.56 bits per heavy atom. The van der Waals surface area contributed by atoms with Gasteiger partial charge in [0.25, 0.3) is 0 Å². The highest BCUT2D eigenvalue weighted by Gasteiger charge is 2.10. The van der Waals surface area contributed by atoms with Gasteiger partial charge in [-0.15, -0.1) is 0 Å². The van der Waals surface area contributed by atoms with Crippen LogP contribution in [-0.2, 0) is 11.3 Å². The molecule has 0 saturated heterocycles. The summed E-state index contributed by atoms with van der Waals surface area (Å²) in [6, 6.07) is 4.43. The number of hydrogen-bond donors (Lipinski definition) is 1. The van der Waals surface area contributed by atoms with Gasteiger partial charge in [-0.1, -0.05) is 11.6 Å². The molecule has 0 amide bonds. The lowest BCUT2D eigenvalue weighted by atomic mass is 10.2. The van der Waals surface area contributed by atoms with Gasteiger partial charge >= 0.3 is 0 Å². The summed E-state index contributed by atoms with van der Waals surface area (Å²) < 4.78 is 20.4. The summed E-state index contributed by atoms with van der Waals surface area (Å²) in [7, 11) is 1.61. The second-order valence-corrected chi connectivity index (χ2v) is 4.42. The monoisotopic (exact) mass is 287 g/mol. The molecule has 2 rings (SSSR count). The summed E-state index contributed by atoms with van der Waals surface area (Å²) >= 11 is 10.9. The van der Waals surface area contributed by atoms with Crippen LogP contribution in [0.2, 0.25) is 5.02 Å². The number of nitrogens with zero attached hydrogens (tertiary/aromatic N) is 2. The quantitative estimate of drug-likeness (QED) is 0.879. The minimum atomic E-state index is -0.460. The average Bonchev–Trinajstić information content (AvgIpc) is 2.72. The zero-order valence-electron chi connectivity index (χ0n) is 9.61. The average molecular weight is 288 g/mol. The molecule has 0 aliphatic rings. The van der Waals surface area contributed by atoms with Gasteiger partial charge in [0.15, 0.2) is 10.6 Å². The van der Waals surface area contributed by atoms with E-state index in [0.29, 0.717) is 29.3 Å². The first kappa shape index (κ1) is 13.2. The molecule has 1 aromatic heterocycles. The SMILES string of the molecule is COCCn1c(-c2ccc(F)c(Cl)c2)n[nH]c1=S. The summed E-state index contributed by atoms with van der Waals surface area (Å²) in [6.45, 7) is 1.08. The Morgan fingerprint density at radius 3 is 3.00 bits per heavy atom. The normalized spacial score (nSPS) is 10.8. The van der Waals surface area contributed by atoms with E-state index in [9.17, 15) is 4.39 Å². The molecule has 0 aliphatic carbocycles. The molecule has 0 saturated carbocycles. The molecule has 0 aliphatic heterocycles. The van der Waals surface area contributed by atoms with Gasteiger partial charge in [-0.3, -0.25) is 9.67 Å². The van der Waals surface area contributed by atoms with Crippen molar-refractivity contribution < 1.29 is 9.13 Å². The fourth-order valence-corrected chi connectivity index (χ4v) is 1.97. The highest BCUT2D eigenvalue weighted by Crippen LogP contribution is 2.23. The Hall–Kier alpha value is -1.24. The van der Waals surface area contributed by atoms with E-state index in [1.807, 2.05) is 0 Å². The smallest absolute Gasteiger partial charge is 0.195 e. The van der Waals surface area contributed by atoms with Crippen LogP contribution in [0.25, 0.3) is 11.4 Å². The number of aromatic nitrogens is 3. The first-order valence-corrected chi connectivity index (χ1v) is 6.01. The fourth-order valence-electron chi connectivity index (χ4n) is 1.56. The van der Waals surface area contributed by atoms with Crippen LogP contribution in [-0.4, -0.2) is 28.5 Å². The van der Waals surface area contributed by atoms with Gasteiger partial charge < -0.3 is 4.74 Å². The molecular weight excluding hydrogens is 277 g/mol. The van der Waals surface area contributed by atoms with E-state index in [4.69, 9.17) is 28.6 Å². The Morgan fingerprint density at radius 2 is 2.33 bits per heavy atom. The van der Waals surface area contributed by atoms with Crippen molar-refractivity contribution in [3.05, 3.63) is 33.8 Å². The van der Waals surface area contributed by atoms with Gasteiger partial charge in [0.05, 0.1) is 18.2 Å². The molecule has 0 unspecified atom stereocenters. The number of nitrogens with one attached hydrogen (secondary N) is 1. The minimum Gasteiger partial charge on any atom is -0.383 e. The number of benzene rings is 1. The highest BCUT2D eigenvalue weighted by molar-refractivity contribution is 7.71. The van der Waals surface area contributed by atoms with Gasteiger partial charge in [0.2, 0.25) is 0 Å². The van der Waals surface area contributed by atoms with Gasteiger partial charge in [-0.05, 0) is 30.4 Å². The lowest BCUT2D eigenvalue weighted by molar-refractivity contribution is 0.187. The minimum absolute atomic E-state index is 0.0553. The summed E-state index contributed by atoms with van der Waals surface area (Å²) in [4.78, 5) is 0. The molecule has 96 valence electrons. The van der Waals surface area contributed by atoms with E-state index in [0.717, 1.165) is 0 Å². The molecule has 7 heteroatoms. The van der Waals surface area contributed by atoms with Crippen molar-refractivity contribution in [2.45, 2.75) is 6.54 Å². The molecule has 4 nitrogen and oxygen atoms in total. The van der Waals surface area contributed by atoms with Crippen LogP contribution in [0.3, 0.4) is 0 Å². The van der Waals surface area contributed by atoms with Crippen LogP contribution in [0.5, 0.6) is 0 Å². The van der Waals surface area contributed by atoms with Crippen LogP contribution in [0.15, 0.2) is 18.2 Å². The van der Waals surface area contributed by atoms with Crippen LogP contribution >= 0.6 is 23.8 Å². The number of H-pyrrole nitrogens is 1. The summed E-state index contributed by atoms with van der Waals surface area (Å²) in [5.41, 5.74) is 0.699. The van der Waals surface area contributed by atoms with Crippen molar-refractivity contribution in [3.63, 3.8) is 0 Å². The number of hydrogen-bond acceptors (Lipinski definition) is 3. The van der Waals surface area contributed by atoms with E-state index in [-0.39, 0.29) is 5.02 Å². The van der Waals surface area contributed by atoms with Crippen molar-refractivity contribution in [1.82, 2.24) is 14.8 Å². The third kappa shape index (κ3) is 2.60. The van der Waals surface area contributed by atoms with Gasteiger partial charge in [-0.25, -0.2) is 4.39 Å². The maximum atomic E-state index is 13.1. The second kappa shape index (κ2) is 5.60. The molecule has 2 aromatic rings. The number of ether oxygens (including phenoxy) is 1. The summed E-state index contributed by atoms with van der Waals surface area (Å²) in [5, 5.41) is 6.88. The Kier molecular flexibility index (Phi) is 4.11. The first-order chi connectivity index (χ1) is 8.63. The fraction of sp³-hybridized carbons (Fsp3) is 0.273. The largest absolute Gasteiger partial charge is 0.383 e. The Bertz CT molecular complexity index is 611. The number of halogens is 2. The molecule has 0 bridgehead atoms. The Balaban J connectivity index is 2.43. The van der Waals surface area contributed by atoms with Crippen molar-refractivity contribution in [3.8, 4) is 11.4 Å². The zero-order valence-corrected chi connectivity index (χ0v) is 11.2. The van der Waals surface area contributed by atoms with Crippen molar-refractivity contribution >= 4 is 23.8 Å². The molecule has 1 heterocycles. The number of aromatic amines is 1. The zero-order chi connectivity index (χ0) is 13.1. The second-order valence-electron chi connectivity index (χ2n) is 3.63. The number of methoxy groups -OCH3 is 1. The molecule has 0 atom stereocenters. The standard InChI is InChI=1S/C11H11ClFN3OS/c1-17-5-4-16-10(14-15-11(16)18)7-2-3-9(13)8(12)6-7/h2-3,6H,4-5H2,1H3,(H,15,18). The molecular formula is C11H11ClFN3OS. The van der Waals surface area contributed by atoms with E-state index >= 15 is 0 Å². The third-order valence-corrected chi connectivity index (χ3v) is 3.06. The van der Waals surface area contributed by atoms with Gasteiger partial charge in [0.1, 0.15) is 5.82 Å². The summed E-state index contributed by atoms with van der Waals surface area (Å²) in [6.07, 6.45) is 0. The third-order valence-electron chi connectivity index (χ3n) is 2.46. The van der Waals surface area contributed by atoms with Crippen molar-refractivity contribution in [2.24, 2.45) is 0 Å². The van der Waals surface area contributed by atoms with Gasteiger partial charge in [0, 0.05) is 12.7 Å². The van der Waals surface area contributed by atoms with Crippen molar-refractivity contribution in [2.75, 3.05) is 13.7 Å². The molecule has 0 radical (unpaired) electrons. The van der Waals surface area contributed by atoms with Gasteiger partial charge in [-0.2, -0.15) is 5.10 Å². The molecule has 1 aromatic carbocycles. The van der Waals surface area contributed by atoms with Crippen LogP contribution < -0.4 is 0 Å². The predicted molar refractivity (Wildman–Crippen MR) is 69.7 cm³/mol.